The Balaban J connectivity index is 1.81. The minimum Gasteiger partial charge on any atom is -0.467 e. The van der Waals surface area contributed by atoms with Crippen molar-refractivity contribution in [2.75, 3.05) is 20.2 Å². The van der Waals surface area contributed by atoms with Crippen molar-refractivity contribution < 1.29 is 23.9 Å². The second-order valence-electron chi connectivity index (χ2n) is 10.2. The molecule has 1 aromatic carbocycles. The summed E-state index contributed by atoms with van der Waals surface area (Å²) in [5, 5.41) is 12.2. The fourth-order valence-corrected chi connectivity index (χ4v) is 4.98. The fraction of sp³-hybridized carbons (Fsp3) is 0.615. The van der Waals surface area contributed by atoms with E-state index in [0.717, 1.165) is 12.8 Å². The van der Waals surface area contributed by atoms with Crippen molar-refractivity contribution in [2.45, 2.75) is 82.6 Å². The average Bonchev–Trinajstić information content (AvgIpc) is 3.17. The van der Waals surface area contributed by atoms with Gasteiger partial charge in [-0.15, -0.1) is 0 Å². The standard InChI is InChI=1S/C26H36N4O5/c1-26(2,3)35-25(33)28-19-16-22-23(31)29(21(12-14-27)24(32)34-4)15-13-20(30(22)17-19)11-10-18-8-6-5-7-9-18/h5-9,19-22H,10-13,15-17H2,1-4H3,(H,28,33)/t19-,20?,21-,22+/m1/s1. The number of benzene rings is 1. The van der Waals surface area contributed by atoms with Gasteiger partial charge in [0.1, 0.15) is 11.6 Å². The van der Waals surface area contributed by atoms with Crippen LogP contribution in [-0.2, 0) is 25.5 Å². The lowest BCUT2D eigenvalue weighted by Crippen LogP contribution is -2.50. The summed E-state index contributed by atoms with van der Waals surface area (Å²) < 4.78 is 10.3. The summed E-state index contributed by atoms with van der Waals surface area (Å²) in [6, 6.07) is 10.6. The Morgan fingerprint density at radius 2 is 1.97 bits per heavy atom. The van der Waals surface area contributed by atoms with Crippen molar-refractivity contribution in [2.24, 2.45) is 0 Å². The number of rotatable bonds is 7. The molecule has 0 spiro atoms. The molecule has 0 aliphatic carbocycles. The second kappa shape index (κ2) is 11.5. The number of carbonyl (C=O) groups is 3. The van der Waals surface area contributed by atoms with Gasteiger partial charge in [-0.2, -0.15) is 5.26 Å². The van der Waals surface area contributed by atoms with E-state index in [9.17, 15) is 19.6 Å². The smallest absolute Gasteiger partial charge is 0.407 e. The van der Waals surface area contributed by atoms with Crippen molar-refractivity contribution in [3.05, 3.63) is 35.9 Å². The van der Waals surface area contributed by atoms with Crippen LogP contribution >= 0.6 is 0 Å². The van der Waals surface area contributed by atoms with Crippen LogP contribution < -0.4 is 5.32 Å². The molecule has 1 N–H and O–H groups in total. The number of methoxy groups -OCH3 is 1. The number of amides is 2. The third-order valence-electron chi connectivity index (χ3n) is 6.54. The van der Waals surface area contributed by atoms with Gasteiger partial charge in [-0.1, -0.05) is 30.3 Å². The maximum Gasteiger partial charge on any atom is 0.407 e. The molecule has 0 aromatic heterocycles. The van der Waals surface area contributed by atoms with Crippen LogP contribution in [0, 0.1) is 11.3 Å². The molecule has 9 heteroatoms. The summed E-state index contributed by atoms with van der Waals surface area (Å²) in [5.74, 6) is -0.790. The molecule has 190 valence electrons. The van der Waals surface area contributed by atoms with Crippen LogP contribution in [0.5, 0.6) is 0 Å². The van der Waals surface area contributed by atoms with Gasteiger partial charge in [0.05, 0.1) is 25.6 Å². The molecule has 0 radical (unpaired) electrons. The summed E-state index contributed by atoms with van der Waals surface area (Å²) in [7, 11) is 1.26. The summed E-state index contributed by atoms with van der Waals surface area (Å²) in [4.78, 5) is 42.2. The molecule has 2 saturated heterocycles. The van der Waals surface area contributed by atoms with E-state index in [1.165, 1.54) is 17.6 Å². The number of hydrogen-bond acceptors (Lipinski definition) is 7. The van der Waals surface area contributed by atoms with E-state index in [2.05, 4.69) is 22.3 Å². The van der Waals surface area contributed by atoms with Crippen LogP contribution in [0.25, 0.3) is 0 Å². The number of ether oxygens (including phenoxy) is 2. The molecule has 2 heterocycles. The number of nitrogens with zero attached hydrogens (tertiary/aromatic N) is 3. The maximum atomic E-state index is 13.7. The molecule has 2 fully saturated rings. The first-order chi connectivity index (χ1) is 16.6. The van der Waals surface area contributed by atoms with Crippen molar-refractivity contribution in [3.63, 3.8) is 0 Å². The average molecular weight is 485 g/mol. The highest BCUT2D eigenvalue weighted by Crippen LogP contribution is 2.31. The van der Waals surface area contributed by atoms with Crippen molar-refractivity contribution in [1.29, 1.82) is 5.26 Å². The third kappa shape index (κ3) is 6.95. The Morgan fingerprint density at radius 1 is 1.26 bits per heavy atom. The van der Waals surface area contributed by atoms with Crippen molar-refractivity contribution in [1.82, 2.24) is 15.1 Å². The zero-order valence-corrected chi connectivity index (χ0v) is 21.0. The first-order valence-corrected chi connectivity index (χ1v) is 12.2. The van der Waals surface area contributed by atoms with Gasteiger partial charge < -0.3 is 19.7 Å². The molecular formula is C26H36N4O5. The normalized spacial score (nSPS) is 23.6. The monoisotopic (exact) mass is 484 g/mol. The summed E-state index contributed by atoms with van der Waals surface area (Å²) in [6.07, 6.45) is 2.12. The number of esters is 1. The minimum atomic E-state index is -0.940. The number of hydrogen-bond donors (Lipinski definition) is 1. The van der Waals surface area contributed by atoms with E-state index in [-0.39, 0.29) is 24.4 Å². The maximum absolute atomic E-state index is 13.7. The van der Waals surface area contributed by atoms with Gasteiger partial charge in [0.25, 0.3) is 0 Å². The van der Waals surface area contributed by atoms with E-state index in [4.69, 9.17) is 9.47 Å². The Kier molecular flexibility index (Phi) is 8.73. The number of nitriles is 1. The predicted octanol–water partition coefficient (Wildman–Crippen LogP) is 2.64. The number of alkyl carbamates (subject to hydrolysis) is 1. The summed E-state index contributed by atoms with van der Waals surface area (Å²) >= 11 is 0. The lowest BCUT2D eigenvalue weighted by molar-refractivity contribution is -0.153. The molecule has 1 aromatic rings. The van der Waals surface area contributed by atoms with Gasteiger partial charge in [-0.3, -0.25) is 9.69 Å². The number of aryl methyl sites for hydroxylation is 1. The van der Waals surface area contributed by atoms with Crippen molar-refractivity contribution >= 4 is 18.0 Å². The minimum absolute atomic E-state index is 0.0833. The van der Waals surface area contributed by atoms with E-state index >= 15 is 0 Å². The Hall–Kier alpha value is -3.12. The van der Waals surface area contributed by atoms with Gasteiger partial charge in [0.15, 0.2) is 0 Å². The molecule has 3 rings (SSSR count). The first kappa shape index (κ1) is 26.5. The van der Waals surface area contributed by atoms with Gasteiger partial charge in [0.2, 0.25) is 5.91 Å². The molecule has 2 aliphatic heterocycles. The molecule has 0 saturated carbocycles. The van der Waals surface area contributed by atoms with Crippen LogP contribution in [0.1, 0.15) is 52.0 Å². The molecular weight excluding hydrogens is 448 g/mol. The molecule has 4 atom stereocenters. The zero-order valence-electron chi connectivity index (χ0n) is 21.0. The Labute approximate surface area is 207 Å². The summed E-state index contributed by atoms with van der Waals surface area (Å²) in [5.41, 5.74) is 0.597. The van der Waals surface area contributed by atoms with E-state index < -0.39 is 29.7 Å². The molecule has 0 bridgehead atoms. The van der Waals surface area contributed by atoms with Gasteiger partial charge >= 0.3 is 12.1 Å². The lowest BCUT2D eigenvalue weighted by atomic mass is 10.0. The van der Waals surface area contributed by atoms with Crippen LogP contribution in [0.4, 0.5) is 4.79 Å². The Bertz CT molecular complexity index is 939. The SMILES string of the molecule is COC(=O)[C@@H](CC#N)N1CCC(CCc2ccccc2)N2C[C@H](NC(=O)OC(C)(C)C)C[C@H]2C1=O. The van der Waals surface area contributed by atoms with Gasteiger partial charge in [-0.05, 0) is 52.0 Å². The van der Waals surface area contributed by atoms with Crippen LogP contribution in [0.15, 0.2) is 30.3 Å². The predicted molar refractivity (Wildman–Crippen MR) is 129 cm³/mol. The highest BCUT2D eigenvalue weighted by atomic mass is 16.6. The quantitative estimate of drug-likeness (QED) is 0.592. The number of carbonyl (C=O) groups excluding carboxylic acids is 3. The van der Waals surface area contributed by atoms with Crippen LogP contribution in [-0.4, -0.2) is 77.7 Å². The third-order valence-corrected chi connectivity index (χ3v) is 6.54. The molecule has 9 nitrogen and oxygen atoms in total. The highest BCUT2D eigenvalue weighted by Gasteiger charge is 2.47. The van der Waals surface area contributed by atoms with E-state index in [0.29, 0.717) is 25.9 Å². The molecule has 2 aliphatic rings. The van der Waals surface area contributed by atoms with Crippen LogP contribution in [0.2, 0.25) is 0 Å². The van der Waals surface area contributed by atoms with E-state index in [1.807, 2.05) is 24.3 Å². The first-order valence-electron chi connectivity index (χ1n) is 12.2. The van der Waals surface area contributed by atoms with Crippen molar-refractivity contribution in [3.8, 4) is 6.07 Å². The van der Waals surface area contributed by atoms with Gasteiger partial charge in [-0.25, -0.2) is 9.59 Å². The lowest BCUT2D eigenvalue weighted by Gasteiger charge is -2.30. The highest BCUT2D eigenvalue weighted by molar-refractivity contribution is 5.88. The fourth-order valence-electron chi connectivity index (χ4n) is 4.98. The largest absolute Gasteiger partial charge is 0.467 e. The van der Waals surface area contributed by atoms with Crippen LogP contribution in [0.3, 0.4) is 0 Å². The number of fused-ring (bicyclic) bond motifs is 1. The zero-order chi connectivity index (χ0) is 25.6. The van der Waals surface area contributed by atoms with E-state index in [1.54, 1.807) is 20.8 Å². The summed E-state index contributed by atoms with van der Waals surface area (Å²) in [6.45, 7) is 6.30. The molecule has 1 unspecified atom stereocenters. The second-order valence-corrected chi connectivity index (χ2v) is 10.2. The molecule has 35 heavy (non-hydrogen) atoms. The van der Waals surface area contributed by atoms with Gasteiger partial charge in [0, 0.05) is 25.2 Å². The number of nitrogens with one attached hydrogen (secondary N) is 1. The topological polar surface area (TPSA) is 112 Å². The Morgan fingerprint density at radius 3 is 2.60 bits per heavy atom. The molecule has 2 amide bonds.